The Kier molecular flexibility index (Phi) is 9.47. The van der Waals surface area contributed by atoms with Gasteiger partial charge in [0.25, 0.3) is 0 Å². The van der Waals surface area contributed by atoms with Crippen molar-refractivity contribution in [2.75, 3.05) is 34.1 Å². The van der Waals surface area contributed by atoms with Crippen molar-refractivity contribution in [2.45, 2.75) is 37.8 Å². The Hall–Kier alpha value is -2.22. The van der Waals surface area contributed by atoms with Crippen LogP contribution in [0.3, 0.4) is 0 Å². The average Bonchev–Trinajstić information content (AvgIpc) is 2.84. The van der Waals surface area contributed by atoms with Crippen LogP contribution in [0.4, 0.5) is 0 Å². The number of methoxy groups -OCH3 is 1. The largest absolute Gasteiger partial charge is 0.497 e. The summed E-state index contributed by atoms with van der Waals surface area (Å²) in [5.41, 5.74) is 0.871. The Balaban J connectivity index is 1.61. The van der Waals surface area contributed by atoms with Crippen molar-refractivity contribution in [1.29, 1.82) is 0 Å². The summed E-state index contributed by atoms with van der Waals surface area (Å²) in [7, 11) is 0.742. The van der Waals surface area contributed by atoms with Gasteiger partial charge in [0, 0.05) is 39.0 Å². The maximum Gasteiger partial charge on any atom is 0.337 e. The molecule has 3 atom stereocenters. The fourth-order valence-corrected chi connectivity index (χ4v) is 4.56. The number of carbonyl (C=O) groups excluding carboxylic acids is 1. The number of rotatable bonds is 12. The smallest absolute Gasteiger partial charge is 0.337 e. The summed E-state index contributed by atoms with van der Waals surface area (Å²) in [5, 5.41) is 0. The molecule has 1 heterocycles. The molecule has 0 aromatic heterocycles. The van der Waals surface area contributed by atoms with E-state index in [0.717, 1.165) is 17.1 Å². The van der Waals surface area contributed by atoms with E-state index in [1.165, 1.54) is 14.2 Å². The Morgan fingerprint density at radius 1 is 0.939 bits per heavy atom. The van der Waals surface area contributed by atoms with Gasteiger partial charge in [-0.05, 0) is 24.3 Å². The maximum atomic E-state index is 12.6. The Morgan fingerprint density at radius 3 is 2.21 bits per heavy atom. The molecule has 1 saturated heterocycles. The van der Waals surface area contributed by atoms with Gasteiger partial charge in [0.05, 0.1) is 25.9 Å². The molecule has 0 amide bonds. The second-order valence-electron chi connectivity index (χ2n) is 7.68. The van der Waals surface area contributed by atoms with Crippen molar-refractivity contribution in [3.63, 3.8) is 0 Å². The van der Waals surface area contributed by atoms with Crippen LogP contribution in [0.15, 0.2) is 54.6 Å². The minimum atomic E-state index is -3.42. The lowest BCUT2D eigenvalue weighted by molar-refractivity contribution is -0.249. The lowest BCUT2D eigenvalue weighted by atomic mass is 10.0. The lowest BCUT2D eigenvalue weighted by Gasteiger charge is -2.36. The summed E-state index contributed by atoms with van der Waals surface area (Å²) in [4.78, 5) is 12.6. The molecule has 0 unspecified atom stereocenters. The number of ether oxygens (including phenoxy) is 4. The summed E-state index contributed by atoms with van der Waals surface area (Å²) in [6.45, 7) is 0.446. The highest BCUT2D eigenvalue weighted by Gasteiger charge is 2.34. The molecule has 0 bridgehead atoms. The van der Waals surface area contributed by atoms with E-state index >= 15 is 0 Å². The predicted molar refractivity (Wildman–Crippen MR) is 123 cm³/mol. The number of ketones is 1. The third-order valence-electron chi connectivity index (χ3n) is 5.38. The standard InChI is InChI=1S/C24H31O8P/c1-27-20-9-11-21(12-10-20)30-14-13-22-16-23(15-19(25)17-33(26,28-2)29-3)32-24(31-22)18-7-5-4-6-8-18/h4-12,22-24H,13-17H2,1-3H3/t22-,23+,24-/m1/s1. The molecule has 1 aliphatic heterocycles. The van der Waals surface area contributed by atoms with Crippen LogP contribution in [-0.4, -0.2) is 52.1 Å². The molecule has 3 rings (SSSR count). The first kappa shape index (κ1) is 25.4. The third kappa shape index (κ3) is 7.66. The van der Waals surface area contributed by atoms with Crippen molar-refractivity contribution in [3.8, 4) is 11.5 Å². The van der Waals surface area contributed by atoms with E-state index in [1.807, 2.05) is 54.6 Å². The number of hydrogen-bond donors (Lipinski definition) is 0. The molecular formula is C24H31O8P. The van der Waals surface area contributed by atoms with Gasteiger partial charge >= 0.3 is 7.60 Å². The third-order valence-corrected chi connectivity index (χ3v) is 7.23. The van der Waals surface area contributed by atoms with Crippen LogP contribution in [0, 0.1) is 0 Å². The summed E-state index contributed by atoms with van der Waals surface area (Å²) in [6, 6.07) is 17.0. The molecule has 33 heavy (non-hydrogen) atoms. The van der Waals surface area contributed by atoms with E-state index in [4.69, 9.17) is 28.0 Å². The Bertz CT molecular complexity index is 910. The molecule has 0 saturated carbocycles. The zero-order chi connectivity index (χ0) is 23.7. The second-order valence-corrected chi connectivity index (χ2v) is 9.95. The molecule has 8 nitrogen and oxygen atoms in total. The van der Waals surface area contributed by atoms with E-state index in [9.17, 15) is 9.36 Å². The topological polar surface area (TPSA) is 89.5 Å². The van der Waals surface area contributed by atoms with Crippen molar-refractivity contribution in [3.05, 3.63) is 60.2 Å². The van der Waals surface area contributed by atoms with Crippen molar-refractivity contribution in [2.24, 2.45) is 0 Å². The van der Waals surface area contributed by atoms with Crippen molar-refractivity contribution < 1.29 is 37.4 Å². The molecule has 180 valence electrons. The van der Waals surface area contributed by atoms with E-state index < -0.39 is 13.9 Å². The number of benzene rings is 2. The molecule has 0 aliphatic carbocycles. The van der Waals surface area contributed by atoms with E-state index in [1.54, 1.807) is 7.11 Å². The lowest BCUT2D eigenvalue weighted by Crippen LogP contribution is -2.36. The first-order valence-corrected chi connectivity index (χ1v) is 12.5. The first-order valence-electron chi connectivity index (χ1n) is 10.8. The molecular weight excluding hydrogens is 447 g/mol. The Labute approximate surface area is 194 Å². The quantitative estimate of drug-likeness (QED) is 0.403. The average molecular weight is 478 g/mol. The van der Waals surface area contributed by atoms with Gasteiger partial charge in [-0.3, -0.25) is 9.36 Å². The fraction of sp³-hybridized carbons (Fsp3) is 0.458. The molecule has 9 heteroatoms. The molecule has 2 aromatic carbocycles. The van der Waals surface area contributed by atoms with E-state index in [-0.39, 0.29) is 30.6 Å². The van der Waals surface area contributed by atoms with Gasteiger partial charge in [-0.25, -0.2) is 0 Å². The van der Waals surface area contributed by atoms with Gasteiger partial charge in [-0.15, -0.1) is 0 Å². The van der Waals surface area contributed by atoms with Crippen LogP contribution < -0.4 is 9.47 Å². The summed E-state index contributed by atoms with van der Waals surface area (Å²) in [5.74, 6) is 1.26. The van der Waals surface area contributed by atoms with Gasteiger partial charge in [-0.1, -0.05) is 30.3 Å². The summed E-state index contributed by atoms with van der Waals surface area (Å²) < 4.78 is 45.3. The van der Waals surface area contributed by atoms with Crippen LogP contribution >= 0.6 is 7.60 Å². The monoisotopic (exact) mass is 478 g/mol. The number of hydrogen-bond acceptors (Lipinski definition) is 8. The highest BCUT2D eigenvalue weighted by Crippen LogP contribution is 2.46. The molecule has 0 N–H and O–H groups in total. The zero-order valence-corrected chi connectivity index (χ0v) is 20.1. The van der Waals surface area contributed by atoms with Gasteiger partial charge in [0.1, 0.15) is 23.4 Å². The van der Waals surface area contributed by atoms with Crippen LogP contribution in [0.5, 0.6) is 11.5 Å². The summed E-state index contributed by atoms with van der Waals surface area (Å²) in [6.07, 6.45) is -0.202. The van der Waals surface area contributed by atoms with Crippen LogP contribution in [-0.2, 0) is 27.9 Å². The predicted octanol–water partition coefficient (Wildman–Crippen LogP) is 4.78. The van der Waals surface area contributed by atoms with Crippen LogP contribution in [0.1, 0.15) is 31.1 Å². The van der Waals surface area contributed by atoms with Gasteiger partial charge in [0.15, 0.2) is 6.29 Å². The fourth-order valence-electron chi connectivity index (χ4n) is 3.59. The first-order chi connectivity index (χ1) is 15.9. The molecule has 1 fully saturated rings. The number of Topliss-reactive ketones (excluding diaryl/α,β-unsaturated/α-hetero) is 1. The Morgan fingerprint density at radius 2 is 1.58 bits per heavy atom. The maximum absolute atomic E-state index is 12.6. The van der Waals surface area contributed by atoms with Crippen molar-refractivity contribution in [1.82, 2.24) is 0 Å². The molecule has 0 spiro atoms. The van der Waals surface area contributed by atoms with Crippen LogP contribution in [0.25, 0.3) is 0 Å². The minimum Gasteiger partial charge on any atom is -0.497 e. The van der Waals surface area contributed by atoms with Gasteiger partial charge in [0.2, 0.25) is 0 Å². The second kappa shape index (κ2) is 12.3. The van der Waals surface area contributed by atoms with Gasteiger partial charge in [-0.2, -0.15) is 0 Å². The van der Waals surface area contributed by atoms with E-state index in [0.29, 0.717) is 19.4 Å². The number of carbonyl (C=O) groups is 1. The normalized spacial score (nSPS) is 20.9. The molecule has 0 radical (unpaired) electrons. The highest BCUT2D eigenvalue weighted by atomic mass is 31.2. The van der Waals surface area contributed by atoms with Crippen LogP contribution in [0.2, 0.25) is 0 Å². The highest BCUT2D eigenvalue weighted by molar-refractivity contribution is 7.54. The molecule has 1 aliphatic rings. The van der Waals surface area contributed by atoms with Gasteiger partial charge < -0.3 is 28.0 Å². The van der Waals surface area contributed by atoms with Crippen molar-refractivity contribution >= 4 is 13.4 Å². The summed E-state index contributed by atoms with van der Waals surface area (Å²) >= 11 is 0. The SMILES string of the molecule is COc1ccc(OCC[C@@H]2C[C@H](CC(=O)CP(=O)(OC)OC)O[C@H](c3ccccc3)O2)cc1. The minimum absolute atomic E-state index is 0.0965. The zero-order valence-electron chi connectivity index (χ0n) is 19.2. The molecule has 2 aromatic rings. The van der Waals surface area contributed by atoms with E-state index in [2.05, 4.69) is 0 Å².